The molecule has 3 aliphatic rings. The van der Waals surface area contributed by atoms with Gasteiger partial charge in [0.2, 0.25) is 5.78 Å². The molecule has 0 spiro atoms. The van der Waals surface area contributed by atoms with E-state index < -0.39 is 56.8 Å². The summed E-state index contributed by atoms with van der Waals surface area (Å²) in [5, 5.41) is 46.5. The normalized spacial score (nSPS) is 27.1. The molecule has 0 radical (unpaired) electrons. The number of hydrogen-bond donors (Lipinski definition) is 4. The lowest BCUT2D eigenvalue weighted by molar-refractivity contribution is -0.171. The fourth-order valence-corrected chi connectivity index (χ4v) is 8.99. The quantitative estimate of drug-likeness (QED) is 0.202. The Balaban J connectivity index is 1.42. The van der Waals surface area contributed by atoms with Gasteiger partial charge in [0.1, 0.15) is 22.8 Å². The summed E-state index contributed by atoms with van der Waals surface area (Å²) in [6.45, 7) is 8.23. The van der Waals surface area contributed by atoms with Gasteiger partial charge in [0.15, 0.2) is 17.2 Å². The third-order valence-electron chi connectivity index (χ3n) is 10.9. The number of rotatable bonds is 7. The predicted octanol–water partition coefficient (Wildman–Crippen LogP) is 7.19. The third kappa shape index (κ3) is 4.77. The molecule has 244 valence electrons. The fraction of sp³-hybridized carbons (Fsp3) is 0.375. The number of aliphatic hydroxyl groups excluding tert-OH is 2. The van der Waals surface area contributed by atoms with Crippen LogP contribution < -0.4 is 0 Å². The smallest absolute Gasteiger partial charge is 0.209 e. The zero-order chi connectivity index (χ0) is 34.1. The first-order valence-electron chi connectivity index (χ1n) is 16.3. The van der Waals surface area contributed by atoms with E-state index in [0.29, 0.717) is 5.56 Å². The molecule has 0 heterocycles. The van der Waals surface area contributed by atoms with Crippen LogP contribution >= 0.6 is 0 Å². The Hall–Kier alpha value is -4.49. The number of carbonyl (C=O) groups excluding carboxylic acids is 3. The van der Waals surface area contributed by atoms with Gasteiger partial charge in [-0.2, -0.15) is 0 Å². The Morgan fingerprint density at radius 2 is 1.51 bits per heavy atom. The van der Waals surface area contributed by atoms with Crippen molar-refractivity contribution in [2.45, 2.75) is 72.3 Å². The number of aromatic hydroxyl groups is 1. The summed E-state index contributed by atoms with van der Waals surface area (Å²) in [6, 6.07) is 21.8. The second kappa shape index (κ2) is 11.3. The van der Waals surface area contributed by atoms with E-state index in [1.54, 1.807) is 13.0 Å². The average Bonchev–Trinajstić information content (AvgIpc) is 3.00. The number of hydrogen-bond acceptors (Lipinski definition) is 7. The van der Waals surface area contributed by atoms with Crippen LogP contribution in [0.5, 0.6) is 5.75 Å². The number of allylic oxidation sites excluding steroid dienone is 2. The minimum atomic E-state index is -2.62. The molecule has 47 heavy (non-hydrogen) atoms. The van der Waals surface area contributed by atoms with Crippen molar-refractivity contribution in [3.8, 4) is 16.9 Å². The van der Waals surface area contributed by atoms with Crippen molar-refractivity contribution in [1.29, 1.82) is 0 Å². The van der Waals surface area contributed by atoms with Crippen molar-refractivity contribution in [3.63, 3.8) is 0 Å². The van der Waals surface area contributed by atoms with Crippen molar-refractivity contribution in [2.75, 3.05) is 0 Å². The number of carbonyl (C=O) groups is 3. The van der Waals surface area contributed by atoms with Crippen LogP contribution in [0.2, 0.25) is 0 Å². The van der Waals surface area contributed by atoms with Gasteiger partial charge in [-0.3, -0.25) is 14.4 Å². The molecule has 0 amide bonds. The lowest BCUT2D eigenvalue weighted by Crippen LogP contribution is -2.67. The highest BCUT2D eigenvalue weighted by Crippen LogP contribution is 2.65. The SMILES string of the molecule is CC(=O)C1=C(O)C(C(C)C)[C@@]2(C)C[C@@]3(C)Cc4c(-c5ccc(CCCc6ccccc6)cc5)ccc(O)c4C(=O)C3=C(O)[C@@]2(O)C1=O. The molecule has 7 heteroatoms. The van der Waals surface area contributed by atoms with E-state index in [1.165, 1.54) is 17.2 Å². The zero-order valence-electron chi connectivity index (χ0n) is 27.6. The summed E-state index contributed by atoms with van der Waals surface area (Å²) in [5.41, 5.74) is -1.08. The van der Waals surface area contributed by atoms with E-state index in [-0.39, 0.29) is 35.6 Å². The Morgan fingerprint density at radius 3 is 2.11 bits per heavy atom. The first-order valence-corrected chi connectivity index (χ1v) is 16.3. The molecule has 0 aliphatic heterocycles. The fourth-order valence-electron chi connectivity index (χ4n) is 8.99. The van der Waals surface area contributed by atoms with E-state index in [2.05, 4.69) is 24.3 Å². The molecule has 3 aromatic carbocycles. The second-order valence-corrected chi connectivity index (χ2v) is 14.5. The highest BCUT2D eigenvalue weighted by Gasteiger charge is 2.71. The van der Waals surface area contributed by atoms with Gasteiger partial charge in [-0.05, 0) is 78.8 Å². The molecule has 4 N–H and O–H groups in total. The van der Waals surface area contributed by atoms with Crippen LogP contribution in [0.1, 0.15) is 74.5 Å². The monoisotopic (exact) mass is 634 g/mol. The number of aliphatic hydroxyl groups is 3. The molecular weight excluding hydrogens is 592 g/mol. The molecule has 3 aromatic rings. The van der Waals surface area contributed by atoms with Crippen LogP contribution in [0.15, 0.2) is 89.4 Å². The standard InChI is InChI=1S/C40H42O7/c1-22(2)32-34(43)30(23(3)41)36(45)40(47)37(46)33-35(44)31-28(20-38(33,4)21-39(32,40)5)27(18-19-29(31)42)26-16-14-25(15-17-26)13-9-12-24-10-7-6-8-11-24/h6-8,10-11,14-19,22,32,42-43,46-47H,9,12-13,20-21H2,1-5H3/t32?,38-,39-,40+/m1/s1. The number of aryl methyl sites for hydroxylation is 2. The first-order chi connectivity index (χ1) is 22.2. The molecule has 6 rings (SSSR count). The summed E-state index contributed by atoms with van der Waals surface area (Å²) in [4.78, 5) is 40.8. The molecule has 0 aromatic heterocycles. The van der Waals surface area contributed by atoms with Gasteiger partial charge in [-0.15, -0.1) is 0 Å². The molecule has 1 unspecified atom stereocenters. The molecule has 0 fully saturated rings. The van der Waals surface area contributed by atoms with Crippen LogP contribution in [0.25, 0.3) is 11.1 Å². The summed E-state index contributed by atoms with van der Waals surface area (Å²) in [6.07, 6.45) is 3.19. The molecule has 4 atom stereocenters. The second-order valence-electron chi connectivity index (χ2n) is 14.5. The Kier molecular flexibility index (Phi) is 7.83. The predicted molar refractivity (Wildman–Crippen MR) is 179 cm³/mol. The topological polar surface area (TPSA) is 132 Å². The van der Waals surface area contributed by atoms with E-state index >= 15 is 0 Å². The number of Topliss-reactive ketones (excluding diaryl/α,β-unsaturated/α-hetero) is 3. The van der Waals surface area contributed by atoms with Crippen molar-refractivity contribution in [2.24, 2.45) is 22.7 Å². The van der Waals surface area contributed by atoms with Gasteiger partial charge in [-0.25, -0.2) is 0 Å². The van der Waals surface area contributed by atoms with Gasteiger partial charge < -0.3 is 20.4 Å². The summed E-state index contributed by atoms with van der Waals surface area (Å²) < 4.78 is 0. The van der Waals surface area contributed by atoms with Crippen LogP contribution in [0, 0.1) is 22.7 Å². The summed E-state index contributed by atoms with van der Waals surface area (Å²) in [7, 11) is 0. The molecule has 0 saturated heterocycles. The highest BCUT2D eigenvalue weighted by molar-refractivity contribution is 6.25. The lowest BCUT2D eigenvalue weighted by Gasteiger charge is -2.59. The third-order valence-corrected chi connectivity index (χ3v) is 10.9. The number of benzene rings is 3. The maximum atomic E-state index is 14.4. The Bertz CT molecular complexity index is 1870. The number of phenols is 1. The van der Waals surface area contributed by atoms with Crippen LogP contribution in [-0.4, -0.2) is 43.4 Å². The van der Waals surface area contributed by atoms with Crippen molar-refractivity contribution in [1.82, 2.24) is 0 Å². The summed E-state index contributed by atoms with van der Waals surface area (Å²) >= 11 is 0. The molecule has 3 aliphatic carbocycles. The Morgan fingerprint density at radius 1 is 0.894 bits per heavy atom. The molecule has 0 saturated carbocycles. The van der Waals surface area contributed by atoms with Gasteiger partial charge in [0.05, 0.1) is 5.56 Å². The highest BCUT2D eigenvalue weighted by atomic mass is 16.3. The zero-order valence-corrected chi connectivity index (χ0v) is 27.6. The minimum Gasteiger partial charge on any atom is -0.511 e. The van der Waals surface area contributed by atoms with E-state index in [0.717, 1.165) is 37.3 Å². The number of fused-ring (bicyclic) bond motifs is 3. The van der Waals surface area contributed by atoms with Crippen molar-refractivity contribution in [3.05, 3.63) is 112 Å². The van der Waals surface area contributed by atoms with E-state index in [9.17, 15) is 34.8 Å². The lowest BCUT2D eigenvalue weighted by atomic mass is 9.44. The van der Waals surface area contributed by atoms with E-state index in [1.807, 2.05) is 51.1 Å². The van der Waals surface area contributed by atoms with Crippen LogP contribution in [-0.2, 0) is 28.9 Å². The summed E-state index contributed by atoms with van der Waals surface area (Å²) in [5.74, 6) is -5.17. The largest absolute Gasteiger partial charge is 0.511 e. The molecule has 7 nitrogen and oxygen atoms in total. The van der Waals surface area contributed by atoms with Crippen LogP contribution in [0.3, 0.4) is 0 Å². The first kappa shape index (κ1) is 32.5. The number of phenolic OH excluding ortho intramolecular Hbond substituents is 1. The van der Waals surface area contributed by atoms with Gasteiger partial charge in [0, 0.05) is 22.3 Å². The van der Waals surface area contributed by atoms with Gasteiger partial charge >= 0.3 is 0 Å². The van der Waals surface area contributed by atoms with Gasteiger partial charge in [-0.1, -0.05) is 88.4 Å². The number of ketones is 3. The Labute approximate surface area is 275 Å². The van der Waals surface area contributed by atoms with E-state index in [4.69, 9.17) is 0 Å². The molecular formula is C40H42O7. The average molecular weight is 635 g/mol. The maximum Gasteiger partial charge on any atom is 0.209 e. The molecule has 0 bridgehead atoms. The van der Waals surface area contributed by atoms with Gasteiger partial charge in [0.25, 0.3) is 0 Å². The minimum absolute atomic E-state index is 0.0227. The van der Waals surface area contributed by atoms with Crippen molar-refractivity contribution >= 4 is 17.3 Å². The van der Waals surface area contributed by atoms with Crippen LogP contribution in [0.4, 0.5) is 0 Å². The van der Waals surface area contributed by atoms with Crippen molar-refractivity contribution < 1.29 is 34.8 Å². The maximum absolute atomic E-state index is 14.4.